The quantitative estimate of drug-likeness (QED) is 0.470. The summed E-state index contributed by atoms with van der Waals surface area (Å²) in [6.45, 7) is 1.83. The molecule has 1 aromatic carbocycles. The van der Waals surface area contributed by atoms with E-state index in [2.05, 4.69) is 25.5 Å². The van der Waals surface area contributed by atoms with Crippen molar-refractivity contribution in [1.29, 1.82) is 0 Å². The van der Waals surface area contributed by atoms with Gasteiger partial charge in [0.1, 0.15) is 5.82 Å². The van der Waals surface area contributed by atoms with E-state index in [0.717, 1.165) is 26.9 Å². The van der Waals surface area contributed by atoms with E-state index < -0.39 is 23.0 Å². The average molecular weight is 437 g/mol. The van der Waals surface area contributed by atoms with E-state index in [0.29, 0.717) is 0 Å². The first kappa shape index (κ1) is 20.8. The standard InChI is InChI=1S/C20H16FN7O4/c1-2-27-19(30)15(25-28(20(27)31)14-7-5-13(21)6-8-14)16-24-18(32-26-16)17(29)23-11-12-4-3-9-22-10-12/h3-10H,2,11H2,1H3,(H,23,29). The second kappa shape index (κ2) is 8.71. The number of amides is 1. The van der Waals surface area contributed by atoms with Crippen LogP contribution in [0.1, 0.15) is 23.2 Å². The first-order valence-corrected chi connectivity index (χ1v) is 9.49. The van der Waals surface area contributed by atoms with Crippen LogP contribution in [0, 0.1) is 5.82 Å². The molecule has 12 heteroatoms. The molecule has 0 fully saturated rings. The third kappa shape index (κ3) is 4.05. The molecule has 32 heavy (non-hydrogen) atoms. The molecule has 0 bridgehead atoms. The zero-order chi connectivity index (χ0) is 22.7. The molecule has 3 aromatic heterocycles. The number of pyridine rings is 1. The van der Waals surface area contributed by atoms with Crippen molar-refractivity contribution in [1.82, 2.24) is 34.8 Å². The van der Waals surface area contributed by atoms with Gasteiger partial charge in [0.05, 0.1) is 5.69 Å². The van der Waals surface area contributed by atoms with Crippen LogP contribution in [0.4, 0.5) is 4.39 Å². The van der Waals surface area contributed by atoms with Crippen molar-refractivity contribution in [3.63, 3.8) is 0 Å². The van der Waals surface area contributed by atoms with Crippen molar-refractivity contribution in [3.8, 4) is 17.2 Å². The van der Waals surface area contributed by atoms with E-state index in [1.807, 2.05) is 0 Å². The van der Waals surface area contributed by atoms with Crippen LogP contribution in [0.25, 0.3) is 17.2 Å². The summed E-state index contributed by atoms with van der Waals surface area (Å²) < 4.78 is 20.1. The van der Waals surface area contributed by atoms with Gasteiger partial charge in [0.25, 0.3) is 5.56 Å². The molecular weight excluding hydrogens is 421 g/mol. The van der Waals surface area contributed by atoms with Gasteiger partial charge in [-0.1, -0.05) is 11.2 Å². The zero-order valence-corrected chi connectivity index (χ0v) is 16.7. The van der Waals surface area contributed by atoms with Gasteiger partial charge in [-0.3, -0.25) is 19.1 Å². The Labute approximate surface area is 179 Å². The van der Waals surface area contributed by atoms with Crippen LogP contribution in [0.5, 0.6) is 0 Å². The highest BCUT2D eigenvalue weighted by Gasteiger charge is 2.22. The van der Waals surface area contributed by atoms with E-state index in [1.165, 1.54) is 12.1 Å². The molecule has 0 saturated heterocycles. The second-order valence-electron chi connectivity index (χ2n) is 6.54. The number of aromatic nitrogens is 6. The summed E-state index contributed by atoms with van der Waals surface area (Å²) in [4.78, 5) is 45.6. The monoisotopic (exact) mass is 437 g/mol. The van der Waals surface area contributed by atoms with Crippen LogP contribution in [-0.4, -0.2) is 35.4 Å². The summed E-state index contributed by atoms with van der Waals surface area (Å²) in [7, 11) is 0. The summed E-state index contributed by atoms with van der Waals surface area (Å²) in [5, 5.41) is 10.3. The summed E-state index contributed by atoms with van der Waals surface area (Å²) in [6, 6.07) is 8.50. The topological polar surface area (TPSA) is 138 Å². The van der Waals surface area contributed by atoms with Gasteiger partial charge < -0.3 is 9.84 Å². The van der Waals surface area contributed by atoms with E-state index in [1.54, 1.807) is 31.5 Å². The fourth-order valence-electron chi connectivity index (χ4n) is 2.86. The smallest absolute Gasteiger partial charge is 0.344 e. The van der Waals surface area contributed by atoms with Crippen molar-refractivity contribution < 1.29 is 13.7 Å². The Morgan fingerprint density at radius 1 is 1.19 bits per heavy atom. The zero-order valence-electron chi connectivity index (χ0n) is 16.7. The Morgan fingerprint density at radius 3 is 2.66 bits per heavy atom. The lowest BCUT2D eigenvalue weighted by molar-refractivity contribution is 0.0907. The molecule has 4 rings (SSSR count). The van der Waals surface area contributed by atoms with E-state index >= 15 is 0 Å². The van der Waals surface area contributed by atoms with E-state index in [4.69, 9.17) is 4.52 Å². The van der Waals surface area contributed by atoms with Gasteiger partial charge in [-0.25, -0.2) is 9.18 Å². The molecule has 0 aliphatic carbocycles. The molecule has 0 spiro atoms. The van der Waals surface area contributed by atoms with Gasteiger partial charge in [-0.15, -0.1) is 0 Å². The fraction of sp³-hybridized carbons (Fsp3) is 0.150. The van der Waals surface area contributed by atoms with Gasteiger partial charge in [-0.2, -0.15) is 14.8 Å². The minimum Gasteiger partial charge on any atom is -0.344 e. The van der Waals surface area contributed by atoms with E-state index in [9.17, 15) is 18.8 Å². The van der Waals surface area contributed by atoms with Crippen LogP contribution in [0.3, 0.4) is 0 Å². The molecule has 0 aliphatic rings. The van der Waals surface area contributed by atoms with Crippen LogP contribution >= 0.6 is 0 Å². The molecule has 0 saturated carbocycles. The lowest BCUT2D eigenvalue weighted by atomic mass is 10.3. The SMILES string of the molecule is CCn1c(=O)c(-c2noc(C(=O)NCc3cccnc3)n2)nn(-c2ccc(F)cc2)c1=O. The lowest BCUT2D eigenvalue weighted by Crippen LogP contribution is -2.41. The number of halogens is 1. The molecule has 0 radical (unpaired) electrons. The molecule has 162 valence electrons. The highest BCUT2D eigenvalue weighted by atomic mass is 19.1. The van der Waals surface area contributed by atoms with E-state index in [-0.39, 0.29) is 36.2 Å². The molecule has 1 N–H and O–H groups in total. The number of hydrogen-bond acceptors (Lipinski definition) is 8. The minimum absolute atomic E-state index is 0.0463. The second-order valence-corrected chi connectivity index (χ2v) is 6.54. The number of rotatable bonds is 6. The number of benzene rings is 1. The maximum atomic E-state index is 13.3. The van der Waals surface area contributed by atoms with Crippen LogP contribution in [0.2, 0.25) is 0 Å². The van der Waals surface area contributed by atoms with Crippen LogP contribution < -0.4 is 16.6 Å². The molecule has 0 unspecified atom stereocenters. The van der Waals surface area contributed by atoms with Crippen molar-refractivity contribution in [3.05, 3.63) is 86.9 Å². The molecule has 4 aromatic rings. The summed E-state index contributed by atoms with van der Waals surface area (Å²) in [5.74, 6) is -1.80. The van der Waals surface area contributed by atoms with Crippen LogP contribution in [0.15, 0.2) is 62.9 Å². The summed E-state index contributed by atoms with van der Waals surface area (Å²) >= 11 is 0. The number of carbonyl (C=O) groups excluding carboxylic acids is 1. The van der Waals surface area contributed by atoms with Gasteiger partial charge >= 0.3 is 17.5 Å². The lowest BCUT2D eigenvalue weighted by Gasteiger charge is -2.09. The number of nitrogens with zero attached hydrogens (tertiary/aromatic N) is 6. The first-order chi connectivity index (χ1) is 15.5. The molecule has 0 aliphatic heterocycles. The first-order valence-electron chi connectivity index (χ1n) is 9.49. The van der Waals surface area contributed by atoms with Gasteiger partial charge in [0, 0.05) is 25.5 Å². The highest BCUT2D eigenvalue weighted by Crippen LogP contribution is 2.11. The third-order valence-corrected chi connectivity index (χ3v) is 4.46. The minimum atomic E-state index is -0.751. The summed E-state index contributed by atoms with van der Waals surface area (Å²) in [5.41, 5.74) is -0.771. The highest BCUT2D eigenvalue weighted by molar-refractivity contribution is 5.89. The summed E-state index contributed by atoms with van der Waals surface area (Å²) in [6.07, 6.45) is 3.20. The van der Waals surface area contributed by atoms with Crippen molar-refractivity contribution in [2.45, 2.75) is 20.0 Å². The predicted molar refractivity (Wildman–Crippen MR) is 108 cm³/mol. The molecule has 3 heterocycles. The Kier molecular flexibility index (Phi) is 5.66. The normalized spacial score (nSPS) is 10.8. The Bertz CT molecular complexity index is 1380. The fourth-order valence-corrected chi connectivity index (χ4v) is 2.86. The average Bonchev–Trinajstić information content (AvgIpc) is 3.30. The predicted octanol–water partition coefficient (Wildman–Crippen LogP) is 0.928. The van der Waals surface area contributed by atoms with Gasteiger partial charge in [0.15, 0.2) is 5.69 Å². The Hall–Kier alpha value is -4.48. The van der Waals surface area contributed by atoms with Gasteiger partial charge in [0.2, 0.25) is 5.82 Å². The van der Waals surface area contributed by atoms with Crippen molar-refractivity contribution >= 4 is 5.91 Å². The maximum Gasteiger partial charge on any atom is 0.352 e. The largest absolute Gasteiger partial charge is 0.352 e. The van der Waals surface area contributed by atoms with Crippen LogP contribution in [-0.2, 0) is 13.1 Å². The Morgan fingerprint density at radius 2 is 1.97 bits per heavy atom. The third-order valence-electron chi connectivity index (χ3n) is 4.46. The molecule has 1 amide bonds. The molecule has 11 nitrogen and oxygen atoms in total. The number of carbonyl (C=O) groups is 1. The number of hydrogen-bond donors (Lipinski definition) is 1. The Balaban J connectivity index is 1.68. The number of nitrogens with one attached hydrogen (secondary N) is 1. The van der Waals surface area contributed by atoms with Crippen molar-refractivity contribution in [2.75, 3.05) is 0 Å². The van der Waals surface area contributed by atoms with Gasteiger partial charge in [-0.05, 0) is 42.8 Å². The van der Waals surface area contributed by atoms with Crippen molar-refractivity contribution in [2.24, 2.45) is 0 Å². The maximum absolute atomic E-state index is 13.3. The molecule has 0 atom stereocenters. The molecular formula is C20H16FN7O4.